The van der Waals surface area contributed by atoms with Crippen LogP contribution in [0.1, 0.15) is 19.3 Å². The quantitative estimate of drug-likeness (QED) is 0.528. The van der Waals surface area contributed by atoms with E-state index in [-0.39, 0.29) is 36.2 Å². The van der Waals surface area contributed by atoms with Crippen molar-refractivity contribution in [3.63, 3.8) is 0 Å². The first-order chi connectivity index (χ1) is 6.02. The van der Waals surface area contributed by atoms with E-state index >= 15 is 0 Å². The van der Waals surface area contributed by atoms with E-state index in [1.54, 1.807) is 0 Å². The molecule has 6 heteroatoms. The number of likely N-dealkylation sites (tertiary alicyclic amines) is 1. The maximum atomic E-state index is 11.1. The molecule has 0 N–H and O–H groups in total. The van der Waals surface area contributed by atoms with Crippen LogP contribution in [0.3, 0.4) is 0 Å². The monoisotopic (exact) mass is 219 g/mol. The van der Waals surface area contributed by atoms with Gasteiger partial charge in [0.2, 0.25) is 11.8 Å². The molecule has 0 aliphatic carbocycles. The fraction of sp³-hybridized carbons (Fsp3) is 0.571. The molecular formula is C7H9NO3S2. The number of rotatable bonds is 3. The average Bonchev–Trinajstić information content (AvgIpc) is 2.29. The molecule has 1 aliphatic heterocycles. The summed E-state index contributed by atoms with van der Waals surface area (Å²) >= 11 is 7.55. The van der Waals surface area contributed by atoms with Gasteiger partial charge in [-0.05, 0) is 0 Å². The van der Waals surface area contributed by atoms with Gasteiger partial charge < -0.3 is 0 Å². The number of hydrogen-bond acceptors (Lipinski definition) is 4. The van der Waals surface area contributed by atoms with Crippen molar-refractivity contribution in [2.45, 2.75) is 24.6 Å². The van der Waals surface area contributed by atoms with Crippen LogP contribution in [0.4, 0.5) is 0 Å². The summed E-state index contributed by atoms with van der Waals surface area (Å²) in [4.78, 5) is 33.9. The second kappa shape index (κ2) is 4.15. The van der Waals surface area contributed by atoms with E-state index in [9.17, 15) is 14.4 Å². The zero-order chi connectivity index (χ0) is 10.0. The van der Waals surface area contributed by atoms with Crippen molar-refractivity contribution < 1.29 is 14.4 Å². The molecule has 4 nitrogen and oxygen atoms in total. The molecule has 1 rings (SSSR count). The summed E-state index contributed by atoms with van der Waals surface area (Å²) in [6, 6.07) is 0. The molecule has 1 atom stereocenters. The predicted molar refractivity (Wildman–Crippen MR) is 52.5 cm³/mol. The van der Waals surface area contributed by atoms with Gasteiger partial charge in [-0.15, -0.1) is 12.6 Å². The van der Waals surface area contributed by atoms with Crippen molar-refractivity contribution in [3.8, 4) is 0 Å². The molecule has 1 unspecified atom stereocenters. The second-order valence-electron chi connectivity index (χ2n) is 2.74. The Kier molecular flexibility index (Phi) is 3.38. The van der Waals surface area contributed by atoms with Crippen LogP contribution in [0.25, 0.3) is 0 Å². The first-order valence-electron chi connectivity index (χ1n) is 3.77. The van der Waals surface area contributed by atoms with Gasteiger partial charge in [0, 0.05) is 19.3 Å². The third-order valence-corrected chi connectivity index (χ3v) is 2.34. The highest BCUT2D eigenvalue weighted by atomic mass is 32.1. The second-order valence-corrected chi connectivity index (χ2v) is 3.83. The Hall–Kier alpha value is -0.490. The third kappa shape index (κ3) is 2.47. The van der Waals surface area contributed by atoms with Gasteiger partial charge in [-0.25, -0.2) is 0 Å². The normalized spacial score (nSPS) is 19.4. The Bertz CT molecular complexity index is 250. The van der Waals surface area contributed by atoms with Crippen molar-refractivity contribution in [1.82, 2.24) is 4.90 Å². The highest BCUT2D eigenvalue weighted by Crippen LogP contribution is 2.20. The lowest BCUT2D eigenvalue weighted by Crippen LogP contribution is -2.36. The van der Waals surface area contributed by atoms with Gasteiger partial charge in [-0.3, -0.25) is 19.3 Å². The highest BCUT2D eigenvalue weighted by molar-refractivity contribution is 7.96. The number of hydrogen-bond donors (Lipinski definition) is 2. The fourth-order valence-electron chi connectivity index (χ4n) is 1.17. The summed E-state index contributed by atoms with van der Waals surface area (Å²) in [5.74, 6) is -0.529. The molecule has 0 aromatic heterocycles. The minimum absolute atomic E-state index is 0.0102. The molecule has 1 aliphatic rings. The van der Waals surface area contributed by atoms with E-state index in [1.807, 2.05) is 0 Å². The predicted octanol–water partition coefficient (Wildman–Crippen LogP) is 0.238. The molecule has 13 heavy (non-hydrogen) atoms. The van der Waals surface area contributed by atoms with Crippen LogP contribution in [0.15, 0.2) is 0 Å². The Labute approximate surface area is 86.5 Å². The van der Waals surface area contributed by atoms with Crippen molar-refractivity contribution in [3.05, 3.63) is 0 Å². The lowest BCUT2D eigenvalue weighted by atomic mass is 10.4. The number of amides is 2. The first kappa shape index (κ1) is 10.6. The molecule has 0 aromatic carbocycles. The number of carbonyl (C=O) groups is 3. The van der Waals surface area contributed by atoms with E-state index in [0.717, 1.165) is 4.90 Å². The summed E-state index contributed by atoms with van der Waals surface area (Å²) in [5, 5.41) is -1.04. The number of nitrogens with zero attached hydrogens (tertiary/aromatic N) is 1. The minimum Gasteiger partial charge on any atom is -0.287 e. The summed E-state index contributed by atoms with van der Waals surface area (Å²) < 4.78 is 0. The standard InChI is InChI=1S/C7H9NO3S2/c9-4-1-2-5(10)8(4)6(12)3-7(11)13/h6,12H,1-3H2,(H,11,13). The summed E-state index contributed by atoms with van der Waals surface area (Å²) in [6.45, 7) is 0. The summed E-state index contributed by atoms with van der Waals surface area (Å²) in [5.41, 5.74) is 0. The van der Waals surface area contributed by atoms with Crippen molar-refractivity contribution >= 4 is 42.2 Å². The Balaban J connectivity index is 2.64. The zero-order valence-corrected chi connectivity index (χ0v) is 8.55. The first-order valence-corrected chi connectivity index (χ1v) is 4.73. The molecule has 0 radical (unpaired) electrons. The van der Waals surface area contributed by atoms with Gasteiger partial charge in [0.15, 0.2) is 5.12 Å². The van der Waals surface area contributed by atoms with Crippen molar-refractivity contribution in [1.29, 1.82) is 0 Å². The Morgan fingerprint density at radius 2 is 1.85 bits per heavy atom. The largest absolute Gasteiger partial charge is 0.287 e. The lowest BCUT2D eigenvalue weighted by molar-refractivity contribution is -0.139. The van der Waals surface area contributed by atoms with Crippen LogP contribution in [-0.2, 0) is 14.4 Å². The summed E-state index contributed by atoms with van der Waals surface area (Å²) in [6.07, 6.45) is 0.428. The fourth-order valence-corrected chi connectivity index (χ4v) is 1.91. The van der Waals surface area contributed by atoms with E-state index in [4.69, 9.17) is 0 Å². The smallest absolute Gasteiger partial charge is 0.230 e. The molecule has 1 heterocycles. The lowest BCUT2D eigenvalue weighted by Gasteiger charge is -2.19. The molecule has 0 bridgehead atoms. The average molecular weight is 219 g/mol. The number of imide groups is 1. The van der Waals surface area contributed by atoms with Gasteiger partial charge in [0.05, 0.1) is 5.37 Å². The molecule has 2 amide bonds. The van der Waals surface area contributed by atoms with Gasteiger partial charge in [0.25, 0.3) is 0 Å². The molecular weight excluding hydrogens is 210 g/mol. The van der Waals surface area contributed by atoms with Crippen molar-refractivity contribution in [2.24, 2.45) is 0 Å². The highest BCUT2D eigenvalue weighted by Gasteiger charge is 2.33. The molecule has 0 aromatic rings. The summed E-state index contributed by atoms with van der Waals surface area (Å²) in [7, 11) is 0. The third-order valence-electron chi connectivity index (χ3n) is 1.75. The molecule has 1 saturated heterocycles. The van der Waals surface area contributed by atoms with Gasteiger partial charge in [0.1, 0.15) is 0 Å². The topological polar surface area (TPSA) is 54.5 Å². The maximum Gasteiger partial charge on any atom is 0.230 e. The SMILES string of the molecule is O=C(S)CC(S)N1C(=O)CCC1=O. The number of carbonyl (C=O) groups excluding carboxylic acids is 3. The minimum atomic E-state index is -0.660. The van der Waals surface area contributed by atoms with Crippen LogP contribution in [0.5, 0.6) is 0 Å². The van der Waals surface area contributed by atoms with Gasteiger partial charge in [-0.2, -0.15) is 12.6 Å². The van der Waals surface area contributed by atoms with E-state index in [1.165, 1.54) is 0 Å². The molecule has 72 valence electrons. The van der Waals surface area contributed by atoms with E-state index < -0.39 is 5.37 Å². The maximum absolute atomic E-state index is 11.1. The van der Waals surface area contributed by atoms with Gasteiger partial charge >= 0.3 is 0 Å². The van der Waals surface area contributed by atoms with Gasteiger partial charge in [-0.1, -0.05) is 0 Å². The molecule has 0 spiro atoms. The molecule has 0 saturated carbocycles. The van der Waals surface area contributed by atoms with Crippen LogP contribution < -0.4 is 0 Å². The Morgan fingerprint density at radius 3 is 2.23 bits per heavy atom. The van der Waals surface area contributed by atoms with Crippen molar-refractivity contribution in [2.75, 3.05) is 0 Å². The van der Waals surface area contributed by atoms with Crippen LogP contribution in [-0.4, -0.2) is 27.2 Å². The van der Waals surface area contributed by atoms with Crippen LogP contribution >= 0.6 is 25.3 Å². The van der Waals surface area contributed by atoms with Crippen LogP contribution in [0.2, 0.25) is 0 Å². The van der Waals surface area contributed by atoms with E-state index in [0.29, 0.717) is 0 Å². The zero-order valence-electron chi connectivity index (χ0n) is 6.77. The number of thiol groups is 2. The molecule has 1 fully saturated rings. The van der Waals surface area contributed by atoms with Crippen LogP contribution in [0, 0.1) is 0 Å². The Morgan fingerprint density at radius 1 is 1.38 bits per heavy atom. The van der Waals surface area contributed by atoms with E-state index in [2.05, 4.69) is 25.3 Å².